The molecule has 0 radical (unpaired) electrons. The Balaban J connectivity index is 2.57. The van der Waals surface area contributed by atoms with Crippen molar-refractivity contribution in [1.29, 1.82) is 0 Å². The zero-order valence-electron chi connectivity index (χ0n) is 7.36. The van der Waals surface area contributed by atoms with Gasteiger partial charge in [-0.05, 0) is 0 Å². The molecule has 1 nitrogen and oxygen atoms in total. The van der Waals surface area contributed by atoms with E-state index in [1.54, 1.807) is 0 Å². The van der Waals surface area contributed by atoms with E-state index in [2.05, 4.69) is 4.98 Å². The molecule has 0 fully saturated rings. The third kappa shape index (κ3) is 1.22. The van der Waals surface area contributed by atoms with Crippen molar-refractivity contribution in [1.82, 2.24) is 4.98 Å². The van der Waals surface area contributed by atoms with Gasteiger partial charge in [0.1, 0.15) is 5.01 Å². The van der Waals surface area contributed by atoms with E-state index >= 15 is 0 Å². The van der Waals surface area contributed by atoms with Crippen LogP contribution in [0.15, 0.2) is 17.7 Å². The van der Waals surface area contributed by atoms with Gasteiger partial charge < -0.3 is 0 Å². The molecule has 1 aliphatic carbocycles. The standard InChI is InChI=1S/C8H3F6NS/c9-6(10)3-4(5-15-1-2-16-5)7(11,12)8(6,13)14/h1-3H. The van der Waals surface area contributed by atoms with Crippen molar-refractivity contribution in [3.63, 3.8) is 0 Å². The third-order valence-corrected chi connectivity index (χ3v) is 2.95. The van der Waals surface area contributed by atoms with Gasteiger partial charge in [0, 0.05) is 17.7 Å². The molecule has 0 atom stereocenters. The van der Waals surface area contributed by atoms with E-state index in [0.29, 0.717) is 11.3 Å². The van der Waals surface area contributed by atoms with Crippen molar-refractivity contribution in [3.05, 3.63) is 22.7 Å². The van der Waals surface area contributed by atoms with Gasteiger partial charge in [-0.15, -0.1) is 11.3 Å². The van der Waals surface area contributed by atoms with Crippen LogP contribution in [0, 0.1) is 0 Å². The van der Waals surface area contributed by atoms with E-state index in [-0.39, 0.29) is 0 Å². The summed E-state index contributed by atoms with van der Waals surface area (Å²) >= 11 is 0.598. The Hall–Kier alpha value is -1.05. The maximum absolute atomic E-state index is 13.1. The minimum Gasteiger partial charge on any atom is -0.245 e. The van der Waals surface area contributed by atoms with Crippen molar-refractivity contribution in [2.45, 2.75) is 17.8 Å². The van der Waals surface area contributed by atoms with Crippen LogP contribution >= 0.6 is 11.3 Å². The van der Waals surface area contributed by atoms with Crippen LogP contribution in [-0.2, 0) is 0 Å². The first kappa shape index (κ1) is 11.4. The SMILES string of the molecule is FC1(F)C=C(c2nccs2)C(F)(F)C1(F)F. The highest BCUT2D eigenvalue weighted by Gasteiger charge is 2.77. The fraction of sp³-hybridized carbons (Fsp3) is 0.375. The number of aromatic nitrogens is 1. The Morgan fingerprint density at radius 3 is 2.06 bits per heavy atom. The number of thiazole rings is 1. The summed E-state index contributed by atoms with van der Waals surface area (Å²) in [6, 6.07) is 0. The molecule has 1 aromatic rings. The van der Waals surface area contributed by atoms with Crippen LogP contribution in [0.3, 0.4) is 0 Å². The fourth-order valence-electron chi connectivity index (χ4n) is 1.29. The summed E-state index contributed by atoms with van der Waals surface area (Å²) in [4.78, 5) is 3.33. The lowest BCUT2D eigenvalue weighted by Crippen LogP contribution is -2.48. The lowest BCUT2D eigenvalue weighted by Gasteiger charge is -2.24. The van der Waals surface area contributed by atoms with Gasteiger partial charge in [-0.3, -0.25) is 0 Å². The summed E-state index contributed by atoms with van der Waals surface area (Å²) in [5, 5.41) is 0.711. The molecule has 1 aliphatic rings. The van der Waals surface area contributed by atoms with E-state index in [1.807, 2.05) is 0 Å². The van der Waals surface area contributed by atoms with Crippen LogP contribution in [0.25, 0.3) is 5.57 Å². The molecule has 0 saturated heterocycles. The Bertz CT molecular complexity index is 435. The maximum atomic E-state index is 13.1. The van der Waals surface area contributed by atoms with Gasteiger partial charge in [0.25, 0.3) is 0 Å². The maximum Gasteiger partial charge on any atom is 0.380 e. The number of halogens is 6. The second-order valence-corrected chi connectivity index (χ2v) is 4.06. The summed E-state index contributed by atoms with van der Waals surface area (Å²) < 4.78 is 77.2. The van der Waals surface area contributed by atoms with Gasteiger partial charge >= 0.3 is 17.8 Å². The third-order valence-electron chi connectivity index (χ3n) is 2.14. The minimum atomic E-state index is -5.42. The number of hydrogen-bond donors (Lipinski definition) is 0. The average Bonchev–Trinajstić information content (AvgIpc) is 2.68. The van der Waals surface area contributed by atoms with Gasteiger partial charge in [-0.25, -0.2) is 4.98 Å². The summed E-state index contributed by atoms with van der Waals surface area (Å²) in [6.45, 7) is 0. The molecular formula is C8H3F6NS. The second-order valence-electron chi connectivity index (χ2n) is 3.17. The van der Waals surface area contributed by atoms with E-state index < -0.39 is 34.4 Å². The molecule has 0 spiro atoms. The van der Waals surface area contributed by atoms with Crippen LogP contribution < -0.4 is 0 Å². The molecule has 0 saturated carbocycles. The highest BCUT2D eigenvalue weighted by molar-refractivity contribution is 7.10. The molecule has 88 valence electrons. The summed E-state index contributed by atoms with van der Waals surface area (Å²) in [5.74, 6) is -15.2. The van der Waals surface area contributed by atoms with Gasteiger partial charge in [0.2, 0.25) is 0 Å². The van der Waals surface area contributed by atoms with Crippen molar-refractivity contribution < 1.29 is 26.3 Å². The molecular weight excluding hydrogens is 256 g/mol. The molecule has 8 heteroatoms. The molecule has 16 heavy (non-hydrogen) atoms. The predicted octanol–water partition coefficient (Wildman–Crippen LogP) is 3.45. The molecule has 0 N–H and O–H groups in total. The van der Waals surface area contributed by atoms with Crippen LogP contribution in [-0.4, -0.2) is 22.8 Å². The van der Waals surface area contributed by atoms with E-state index in [9.17, 15) is 26.3 Å². The number of alkyl halides is 6. The highest BCUT2D eigenvalue weighted by atomic mass is 32.1. The normalized spacial score (nSPS) is 25.5. The van der Waals surface area contributed by atoms with E-state index in [4.69, 9.17) is 0 Å². The quantitative estimate of drug-likeness (QED) is 0.704. The van der Waals surface area contributed by atoms with E-state index in [0.717, 1.165) is 6.20 Å². The Labute approximate surface area is 89.4 Å². The Kier molecular flexibility index (Phi) is 2.14. The van der Waals surface area contributed by atoms with Gasteiger partial charge in [0.05, 0.1) is 5.57 Å². The lowest BCUT2D eigenvalue weighted by atomic mass is 10.1. The topological polar surface area (TPSA) is 12.9 Å². The predicted molar refractivity (Wildman–Crippen MR) is 44.9 cm³/mol. The number of nitrogens with zero attached hydrogens (tertiary/aromatic N) is 1. The number of hydrogen-bond acceptors (Lipinski definition) is 2. The molecule has 1 aromatic heterocycles. The first-order valence-corrected chi connectivity index (χ1v) is 4.85. The summed E-state index contributed by atoms with van der Waals surface area (Å²) in [7, 11) is 0. The molecule has 0 aliphatic heterocycles. The van der Waals surface area contributed by atoms with Gasteiger partial charge in [-0.2, -0.15) is 26.3 Å². The minimum absolute atomic E-state index is 0.411. The molecule has 0 amide bonds. The summed E-state index contributed by atoms with van der Waals surface area (Å²) in [6.07, 6.45) is 0.664. The second kappa shape index (κ2) is 2.99. The summed E-state index contributed by atoms with van der Waals surface area (Å²) in [5.41, 5.74) is -1.42. The lowest BCUT2D eigenvalue weighted by molar-refractivity contribution is -0.257. The van der Waals surface area contributed by atoms with Crippen LogP contribution in [0.5, 0.6) is 0 Å². The van der Waals surface area contributed by atoms with Crippen LogP contribution in [0.2, 0.25) is 0 Å². The largest absolute Gasteiger partial charge is 0.380 e. The zero-order chi connectivity index (χ0) is 12.2. The number of allylic oxidation sites excluding steroid dienone is 2. The molecule has 0 aromatic carbocycles. The highest BCUT2D eigenvalue weighted by Crippen LogP contribution is 2.58. The van der Waals surface area contributed by atoms with Crippen molar-refractivity contribution in [3.8, 4) is 0 Å². The van der Waals surface area contributed by atoms with Crippen molar-refractivity contribution in [2.24, 2.45) is 0 Å². The zero-order valence-corrected chi connectivity index (χ0v) is 8.17. The number of rotatable bonds is 1. The first-order chi connectivity index (χ1) is 7.20. The molecule has 0 unspecified atom stereocenters. The van der Waals surface area contributed by atoms with E-state index in [1.165, 1.54) is 5.38 Å². The van der Waals surface area contributed by atoms with Crippen LogP contribution in [0.4, 0.5) is 26.3 Å². The van der Waals surface area contributed by atoms with Crippen molar-refractivity contribution >= 4 is 16.9 Å². The smallest absolute Gasteiger partial charge is 0.245 e. The Morgan fingerprint density at radius 1 is 1.06 bits per heavy atom. The van der Waals surface area contributed by atoms with Crippen LogP contribution in [0.1, 0.15) is 5.01 Å². The van der Waals surface area contributed by atoms with Gasteiger partial charge in [-0.1, -0.05) is 0 Å². The first-order valence-electron chi connectivity index (χ1n) is 3.97. The molecule has 1 heterocycles. The average molecular weight is 259 g/mol. The Morgan fingerprint density at radius 2 is 1.69 bits per heavy atom. The molecule has 0 bridgehead atoms. The van der Waals surface area contributed by atoms with Gasteiger partial charge in [0.15, 0.2) is 0 Å². The van der Waals surface area contributed by atoms with Crippen molar-refractivity contribution in [2.75, 3.05) is 0 Å². The monoisotopic (exact) mass is 259 g/mol. The molecule has 2 rings (SSSR count). The fourth-order valence-corrected chi connectivity index (χ4v) is 1.98.